The number of hydrogen-bond acceptors (Lipinski definition) is 4. The molecule has 5 nitrogen and oxygen atoms in total. The van der Waals surface area contributed by atoms with Crippen molar-refractivity contribution >= 4 is 11.9 Å². The SMILES string of the molecule is CC(C)N(c1ccc([C@@H]2CCCCN2C(=O)OC(C)(C)C)cn1)C(C)C. The Morgan fingerprint density at radius 3 is 2.35 bits per heavy atom. The summed E-state index contributed by atoms with van der Waals surface area (Å²) in [6, 6.07) is 5.03. The summed E-state index contributed by atoms with van der Waals surface area (Å²) in [5, 5.41) is 0. The highest BCUT2D eigenvalue weighted by atomic mass is 16.6. The van der Waals surface area contributed by atoms with Crippen molar-refractivity contribution in [3.8, 4) is 0 Å². The summed E-state index contributed by atoms with van der Waals surface area (Å²) < 4.78 is 5.61. The molecule has 1 fully saturated rings. The number of amides is 1. The van der Waals surface area contributed by atoms with Gasteiger partial charge in [-0.3, -0.25) is 0 Å². The number of rotatable bonds is 4. The van der Waals surface area contributed by atoms with Crippen molar-refractivity contribution in [1.29, 1.82) is 0 Å². The number of pyridine rings is 1. The van der Waals surface area contributed by atoms with E-state index in [1.165, 1.54) is 0 Å². The minimum Gasteiger partial charge on any atom is -0.444 e. The lowest BCUT2D eigenvalue weighted by Gasteiger charge is -2.37. The summed E-state index contributed by atoms with van der Waals surface area (Å²) in [4.78, 5) is 21.5. The number of ether oxygens (including phenoxy) is 1. The molecule has 1 aliphatic rings. The molecule has 0 aromatic carbocycles. The molecule has 0 N–H and O–H groups in total. The number of carbonyl (C=O) groups is 1. The molecule has 0 radical (unpaired) electrons. The van der Waals surface area contributed by atoms with Gasteiger partial charge in [-0.05, 0) is 79.4 Å². The highest BCUT2D eigenvalue weighted by molar-refractivity contribution is 5.69. The van der Waals surface area contributed by atoms with Gasteiger partial charge in [0.05, 0.1) is 6.04 Å². The van der Waals surface area contributed by atoms with E-state index in [4.69, 9.17) is 9.72 Å². The van der Waals surface area contributed by atoms with Crippen molar-refractivity contribution in [2.24, 2.45) is 0 Å². The van der Waals surface area contributed by atoms with Crippen LogP contribution in [0.25, 0.3) is 0 Å². The predicted molar refractivity (Wildman–Crippen MR) is 107 cm³/mol. The molecule has 0 saturated carbocycles. The van der Waals surface area contributed by atoms with Crippen molar-refractivity contribution in [3.63, 3.8) is 0 Å². The van der Waals surface area contributed by atoms with E-state index < -0.39 is 5.60 Å². The van der Waals surface area contributed by atoms with Crippen LogP contribution >= 0.6 is 0 Å². The average molecular weight is 362 g/mol. The van der Waals surface area contributed by atoms with Gasteiger partial charge in [0.25, 0.3) is 0 Å². The highest BCUT2D eigenvalue weighted by Gasteiger charge is 2.31. The highest BCUT2D eigenvalue weighted by Crippen LogP contribution is 2.32. The monoisotopic (exact) mass is 361 g/mol. The normalized spacial score (nSPS) is 18.3. The average Bonchev–Trinajstić information content (AvgIpc) is 2.53. The first-order valence-electron chi connectivity index (χ1n) is 9.84. The Balaban J connectivity index is 2.21. The Morgan fingerprint density at radius 1 is 1.19 bits per heavy atom. The number of piperidine rings is 1. The van der Waals surface area contributed by atoms with Gasteiger partial charge < -0.3 is 14.5 Å². The largest absolute Gasteiger partial charge is 0.444 e. The van der Waals surface area contributed by atoms with E-state index in [2.05, 4.69) is 44.7 Å². The Morgan fingerprint density at radius 2 is 1.85 bits per heavy atom. The third-order valence-electron chi connectivity index (χ3n) is 4.66. The molecule has 1 aromatic heterocycles. The van der Waals surface area contributed by atoms with Gasteiger partial charge in [0.15, 0.2) is 0 Å². The van der Waals surface area contributed by atoms with E-state index in [9.17, 15) is 4.79 Å². The van der Waals surface area contributed by atoms with E-state index >= 15 is 0 Å². The predicted octanol–water partition coefficient (Wildman–Crippen LogP) is 5.17. The Kier molecular flexibility index (Phi) is 6.53. The molecular formula is C21H35N3O2. The molecule has 146 valence electrons. The van der Waals surface area contributed by atoms with E-state index in [1.807, 2.05) is 31.9 Å². The Bertz CT molecular complexity index is 582. The summed E-state index contributed by atoms with van der Waals surface area (Å²) in [5.41, 5.74) is 0.614. The Labute approximate surface area is 158 Å². The number of hydrogen-bond donors (Lipinski definition) is 0. The van der Waals surface area contributed by atoms with Gasteiger partial charge in [0, 0.05) is 24.8 Å². The van der Waals surface area contributed by atoms with Gasteiger partial charge >= 0.3 is 6.09 Å². The molecule has 1 atom stereocenters. The van der Waals surface area contributed by atoms with Crippen molar-refractivity contribution < 1.29 is 9.53 Å². The van der Waals surface area contributed by atoms with E-state index in [0.717, 1.165) is 37.2 Å². The zero-order valence-corrected chi connectivity index (χ0v) is 17.5. The number of carbonyl (C=O) groups excluding carboxylic acids is 1. The molecule has 1 saturated heterocycles. The smallest absolute Gasteiger partial charge is 0.410 e. The summed E-state index contributed by atoms with van der Waals surface area (Å²) >= 11 is 0. The van der Waals surface area contributed by atoms with Crippen molar-refractivity contribution in [1.82, 2.24) is 9.88 Å². The molecule has 1 aliphatic heterocycles. The fourth-order valence-electron chi connectivity index (χ4n) is 3.69. The van der Waals surface area contributed by atoms with Crippen molar-refractivity contribution in [2.75, 3.05) is 11.4 Å². The molecule has 0 aliphatic carbocycles. The molecule has 5 heteroatoms. The topological polar surface area (TPSA) is 45.7 Å². The zero-order chi connectivity index (χ0) is 19.5. The first-order chi connectivity index (χ1) is 12.1. The first-order valence-corrected chi connectivity index (χ1v) is 9.84. The van der Waals surface area contributed by atoms with Crippen molar-refractivity contribution in [3.05, 3.63) is 23.9 Å². The number of aromatic nitrogens is 1. The molecule has 1 amide bonds. The minimum atomic E-state index is -0.476. The van der Waals surface area contributed by atoms with Crippen molar-refractivity contribution in [2.45, 2.75) is 91.5 Å². The summed E-state index contributed by atoms with van der Waals surface area (Å²) in [6.07, 6.45) is 4.81. The summed E-state index contributed by atoms with van der Waals surface area (Å²) in [5.74, 6) is 0.985. The number of likely N-dealkylation sites (tertiary alicyclic amines) is 1. The summed E-state index contributed by atoms with van der Waals surface area (Å²) in [6.45, 7) is 15.2. The van der Waals surface area contributed by atoms with Crippen LogP contribution in [0, 0.1) is 0 Å². The van der Waals surface area contributed by atoms with Gasteiger partial charge in [-0.2, -0.15) is 0 Å². The van der Waals surface area contributed by atoms with Crippen LogP contribution in [0.2, 0.25) is 0 Å². The lowest BCUT2D eigenvalue weighted by molar-refractivity contribution is 0.00948. The first kappa shape index (κ1) is 20.5. The maximum absolute atomic E-state index is 12.6. The molecule has 2 heterocycles. The third kappa shape index (κ3) is 5.12. The van der Waals surface area contributed by atoms with Gasteiger partial charge in [-0.25, -0.2) is 9.78 Å². The lowest BCUT2D eigenvalue weighted by atomic mass is 9.97. The maximum Gasteiger partial charge on any atom is 0.410 e. The van der Waals surface area contributed by atoms with Gasteiger partial charge in [0.1, 0.15) is 11.4 Å². The Hall–Kier alpha value is -1.78. The fraction of sp³-hybridized carbons (Fsp3) is 0.714. The number of anilines is 1. The second-order valence-electron chi connectivity index (χ2n) is 8.73. The third-order valence-corrected chi connectivity index (χ3v) is 4.66. The van der Waals surface area contributed by atoms with Gasteiger partial charge in [0.2, 0.25) is 0 Å². The van der Waals surface area contributed by atoms with E-state index in [1.54, 1.807) is 0 Å². The molecule has 26 heavy (non-hydrogen) atoms. The van der Waals surface area contributed by atoms with Crippen LogP contribution < -0.4 is 4.90 Å². The van der Waals surface area contributed by atoms with E-state index in [0.29, 0.717) is 12.1 Å². The molecular weight excluding hydrogens is 326 g/mol. The maximum atomic E-state index is 12.6. The van der Waals surface area contributed by atoms with Gasteiger partial charge in [-0.1, -0.05) is 6.07 Å². The molecule has 0 spiro atoms. The van der Waals surface area contributed by atoms with Crippen LogP contribution in [-0.4, -0.2) is 40.2 Å². The molecule has 0 bridgehead atoms. The van der Waals surface area contributed by atoms with Gasteiger partial charge in [-0.15, -0.1) is 0 Å². The molecule has 2 rings (SSSR count). The van der Waals surface area contributed by atoms with Crippen LogP contribution in [-0.2, 0) is 4.74 Å². The summed E-state index contributed by atoms with van der Waals surface area (Å²) in [7, 11) is 0. The standard InChI is InChI=1S/C21H35N3O2/c1-15(2)24(16(3)4)19-12-11-17(14-22-19)18-10-8-9-13-23(18)20(25)26-21(5,6)7/h11-12,14-16,18H,8-10,13H2,1-7H3/t18-/m0/s1. The van der Waals surface area contributed by atoms with Crippen LogP contribution in [0.3, 0.4) is 0 Å². The fourth-order valence-corrected chi connectivity index (χ4v) is 3.69. The van der Waals surface area contributed by atoms with Crippen LogP contribution in [0.5, 0.6) is 0 Å². The second kappa shape index (κ2) is 8.28. The molecule has 0 unspecified atom stereocenters. The minimum absolute atomic E-state index is 0.0479. The van der Waals surface area contributed by atoms with Crippen LogP contribution in [0.1, 0.15) is 79.3 Å². The molecule has 1 aromatic rings. The zero-order valence-electron chi connectivity index (χ0n) is 17.5. The quantitative estimate of drug-likeness (QED) is 0.742. The van der Waals surface area contributed by atoms with E-state index in [-0.39, 0.29) is 12.1 Å². The van der Waals surface area contributed by atoms with Crippen LogP contribution in [0.15, 0.2) is 18.3 Å². The lowest BCUT2D eigenvalue weighted by Crippen LogP contribution is -2.42. The van der Waals surface area contributed by atoms with Crippen LogP contribution in [0.4, 0.5) is 10.6 Å². The second-order valence-corrected chi connectivity index (χ2v) is 8.73. The number of nitrogens with zero attached hydrogens (tertiary/aromatic N) is 3.